The summed E-state index contributed by atoms with van der Waals surface area (Å²) in [6.45, 7) is 2.74. The molecule has 0 aromatic heterocycles. The van der Waals surface area contributed by atoms with E-state index in [4.69, 9.17) is 0 Å². The maximum atomic E-state index is 11.8. The van der Waals surface area contributed by atoms with Gasteiger partial charge < -0.3 is 10.0 Å². The Morgan fingerprint density at radius 3 is 2.62 bits per heavy atom. The number of hydrogen-bond acceptors (Lipinski definition) is 2. The van der Waals surface area contributed by atoms with Crippen molar-refractivity contribution in [3.63, 3.8) is 0 Å². The van der Waals surface area contributed by atoms with Crippen LogP contribution in [-0.2, 0) is 9.59 Å². The SMILES string of the molecule is CCCN1C(=O)CC[C@H](C(=O)O)[C@H]1C1CC1. The highest BCUT2D eigenvalue weighted by molar-refractivity contribution is 5.81. The lowest BCUT2D eigenvalue weighted by Crippen LogP contribution is -2.52. The van der Waals surface area contributed by atoms with Gasteiger partial charge in [0.15, 0.2) is 0 Å². The van der Waals surface area contributed by atoms with Crippen molar-refractivity contribution in [1.29, 1.82) is 0 Å². The maximum absolute atomic E-state index is 11.8. The fraction of sp³-hybridized carbons (Fsp3) is 0.833. The molecule has 1 saturated heterocycles. The minimum Gasteiger partial charge on any atom is -0.481 e. The standard InChI is InChI=1S/C12H19NO3/c1-2-7-13-10(14)6-5-9(12(15)16)11(13)8-3-4-8/h8-9,11H,2-7H2,1H3,(H,15,16)/t9-,11+/m0/s1. The molecule has 2 aliphatic rings. The van der Waals surface area contributed by atoms with Crippen LogP contribution in [0.1, 0.15) is 39.0 Å². The molecule has 16 heavy (non-hydrogen) atoms. The summed E-state index contributed by atoms with van der Waals surface area (Å²) in [5.74, 6) is -0.476. The average molecular weight is 225 g/mol. The van der Waals surface area contributed by atoms with Crippen molar-refractivity contribution in [2.45, 2.75) is 45.1 Å². The van der Waals surface area contributed by atoms with Gasteiger partial charge in [0, 0.05) is 19.0 Å². The Bertz CT molecular complexity index is 299. The van der Waals surface area contributed by atoms with E-state index >= 15 is 0 Å². The second-order valence-electron chi connectivity index (χ2n) is 4.90. The molecular weight excluding hydrogens is 206 g/mol. The molecule has 2 atom stereocenters. The van der Waals surface area contributed by atoms with Gasteiger partial charge >= 0.3 is 5.97 Å². The zero-order valence-electron chi connectivity index (χ0n) is 9.69. The van der Waals surface area contributed by atoms with Crippen LogP contribution in [0.5, 0.6) is 0 Å². The molecule has 90 valence electrons. The highest BCUT2D eigenvalue weighted by Crippen LogP contribution is 2.42. The molecule has 2 rings (SSSR count). The highest BCUT2D eigenvalue weighted by Gasteiger charge is 2.47. The van der Waals surface area contributed by atoms with Crippen molar-refractivity contribution in [2.75, 3.05) is 6.54 Å². The van der Waals surface area contributed by atoms with Crippen LogP contribution in [0.15, 0.2) is 0 Å². The second kappa shape index (κ2) is 4.44. The van der Waals surface area contributed by atoms with E-state index in [1.54, 1.807) is 0 Å². The van der Waals surface area contributed by atoms with Gasteiger partial charge in [0.1, 0.15) is 0 Å². The van der Waals surface area contributed by atoms with E-state index in [2.05, 4.69) is 0 Å². The normalized spacial score (nSPS) is 30.6. The number of piperidine rings is 1. The first-order valence-corrected chi connectivity index (χ1v) is 6.17. The monoisotopic (exact) mass is 225 g/mol. The van der Waals surface area contributed by atoms with E-state index in [0.717, 1.165) is 19.3 Å². The predicted molar refractivity (Wildman–Crippen MR) is 58.9 cm³/mol. The molecule has 0 bridgehead atoms. The topological polar surface area (TPSA) is 57.6 Å². The zero-order chi connectivity index (χ0) is 11.7. The molecule has 1 amide bonds. The van der Waals surface area contributed by atoms with Crippen LogP contribution in [0.25, 0.3) is 0 Å². The van der Waals surface area contributed by atoms with E-state index < -0.39 is 5.97 Å². The Morgan fingerprint density at radius 1 is 1.44 bits per heavy atom. The first-order valence-electron chi connectivity index (χ1n) is 6.17. The summed E-state index contributed by atoms with van der Waals surface area (Å²) in [6, 6.07) is -0.0290. The van der Waals surface area contributed by atoms with E-state index in [9.17, 15) is 14.7 Å². The van der Waals surface area contributed by atoms with Crippen molar-refractivity contribution in [2.24, 2.45) is 11.8 Å². The molecule has 0 aromatic rings. The van der Waals surface area contributed by atoms with Gasteiger partial charge in [-0.1, -0.05) is 6.92 Å². The Morgan fingerprint density at radius 2 is 2.12 bits per heavy atom. The molecule has 0 unspecified atom stereocenters. The van der Waals surface area contributed by atoms with Crippen LogP contribution in [-0.4, -0.2) is 34.5 Å². The smallest absolute Gasteiger partial charge is 0.308 e. The third kappa shape index (κ3) is 2.06. The van der Waals surface area contributed by atoms with E-state index in [1.165, 1.54) is 0 Å². The number of hydrogen-bond donors (Lipinski definition) is 1. The van der Waals surface area contributed by atoms with Crippen LogP contribution < -0.4 is 0 Å². The van der Waals surface area contributed by atoms with E-state index in [-0.39, 0.29) is 17.9 Å². The Hall–Kier alpha value is -1.06. The third-order valence-electron chi connectivity index (χ3n) is 3.65. The Kier molecular flexibility index (Phi) is 3.17. The zero-order valence-corrected chi connectivity index (χ0v) is 9.69. The van der Waals surface area contributed by atoms with Gasteiger partial charge in [-0.3, -0.25) is 9.59 Å². The number of carbonyl (C=O) groups excluding carboxylic acids is 1. The van der Waals surface area contributed by atoms with Crippen LogP contribution >= 0.6 is 0 Å². The van der Waals surface area contributed by atoms with Gasteiger partial charge in [-0.15, -0.1) is 0 Å². The number of amides is 1. The average Bonchev–Trinajstić information content (AvgIpc) is 3.04. The fourth-order valence-electron chi connectivity index (χ4n) is 2.78. The number of carbonyl (C=O) groups is 2. The largest absolute Gasteiger partial charge is 0.481 e. The summed E-state index contributed by atoms with van der Waals surface area (Å²) in [4.78, 5) is 24.9. The van der Waals surface area contributed by atoms with Crippen molar-refractivity contribution in [3.8, 4) is 0 Å². The number of rotatable bonds is 4. The second-order valence-corrected chi connectivity index (χ2v) is 4.90. The lowest BCUT2D eigenvalue weighted by molar-refractivity contribution is -0.152. The number of likely N-dealkylation sites (tertiary alicyclic amines) is 1. The number of aliphatic carboxylic acids is 1. The highest BCUT2D eigenvalue weighted by atomic mass is 16.4. The van der Waals surface area contributed by atoms with Gasteiger partial charge in [-0.05, 0) is 31.6 Å². The molecule has 1 aliphatic carbocycles. The van der Waals surface area contributed by atoms with Gasteiger partial charge in [0.25, 0.3) is 0 Å². The quantitative estimate of drug-likeness (QED) is 0.788. The summed E-state index contributed by atoms with van der Waals surface area (Å²) >= 11 is 0. The summed E-state index contributed by atoms with van der Waals surface area (Å²) < 4.78 is 0. The molecule has 2 fully saturated rings. The van der Waals surface area contributed by atoms with Crippen molar-refractivity contribution >= 4 is 11.9 Å². The van der Waals surface area contributed by atoms with Gasteiger partial charge in [-0.2, -0.15) is 0 Å². The predicted octanol–water partition coefficient (Wildman–Crippen LogP) is 1.50. The molecule has 1 N–H and O–H groups in total. The summed E-state index contributed by atoms with van der Waals surface area (Å²) in [5, 5.41) is 9.22. The molecule has 1 heterocycles. The fourth-order valence-corrected chi connectivity index (χ4v) is 2.78. The molecule has 4 heteroatoms. The van der Waals surface area contributed by atoms with Crippen LogP contribution in [0.3, 0.4) is 0 Å². The molecule has 1 saturated carbocycles. The minimum absolute atomic E-state index is 0.0290. The van der Waals surface area contributed by atoms with Crippen LogP contribution in [0.2, 0.25) is 0 Å². The van der Waals surface area contributed by atoms with Crippen LogP contribution in [0.4, 0.5) is 0 Å². The minimum atomic E-state index is -0.731. The Labute approximate surface area is 95.6 Å². The Balaban J connectivity index is 2.17. The molecule has 0 spiro atoms. The van der Waals surface area contributed by atoms with Crippen molar-refractivity contribution in [3.05, 3.63) is 0 Å². The van der Waals surface area contributed by atoms with Crippen molar-refractivity contribution < 1.29 is 14.7 Å². The molecule has 0 radical (unpaired) electrons. The first-order chi connectivity index (χ1) is 7.65. The molecule has 4 nitrogen and oxygen atoms in total. The van der Waals surface area contributed by atoms with Gasteiger partial charge in [0.2, 0.25) is 5.91 Å². The number of carboxylic acids is 1. The lowest BCUT2D eigenvalue weighted by atomic mass is 9.85. The maximum Gasteiger partial charge on any atom is 0.308 e. The third-order valence-corrected chi connectivity index (χ3v) is 3.65. The van der Waals surface area contributed by atoms with Crippen molar-refractivity contribution in [1.82, 2.24) is 4.90 Å². The molecule has 0 aromatic carbocycles. The summed E-state index contributed by atoms with van der Waals surface area (Å²) in [6.07, 6.45) is 4.00. The van der Waals surface area contributed by atoms with E-state index in [1.807, 2.05) is 11.8 Å². The molecular formula is C12H19NO3. The summed E-state index contributed by atoms with van der Waals surface area (Å²) in [5.41, 5.74) is 0. The van der Waals surface area contributed by atoms with E-state index in [0.29, 0.717) is 25.3 Å². The van der Waals surface area contributed by atoms with Crippen LogP contribution in [0, 0.1) is 11.8 Å². The summed E-state index contributed by atoms with van der Waals surface area (Å²) in [7, 11) is 0. The number of carboxylic acid groups (broad SMARTS) is 1. The first kappa shape index (κ1) is 11.4. The number of nitrogens with zero attached hydrogens (tertiary/aromatic N) is 1. The van der Waals surface area contributed by atoms with Gasteiger partial charge in [-0.25, -0.2) is 0 Å². The molecule has 1 aliphatic heterocycles. The van der Waals surface area contributed by atoms with Gasteiger partial charge in [0.05, 0.1) is 5.92 Å². The lowest BCUT2D eigenvalue weighted by Gasteiger charge is -2.39.